The van der Waals surface area contributed by atoms with Crippen LogP contribution in [0.1, 0.15) is 29.2 Å². The van der Waals surface area contributed by atoms with Crippen LogP contribution in [0, 0.1) is 6.92 Å². The Morgan fingerprint density at radius 2 is 1.83 bits per heavy atom. The van der Waals surface area contributed by atoms with Crippen LogP contribution in [-0.4, -0.2) is 49.1 Å². The number of benzene rings is 2. The van der Waals surface area contributed by atoms with E-state index in [-0.39, 0.29) is 11.3 Å². The van der Waals surface area contributed by atoms with Gasteiger partial charge in [0.25, 0.3) is 11.7 Å². The molecule has 1 unspecified atom stereocenters. The van der Waals surface area contributed by atoms with Crippen molar-refractivity contribution in [2.45, 2.75) is 19.4 Å². The minimum absolute atomic E-state index is 0.0875. The van der Waals surface area contributed by atoms with Crippen molar-refractivity contribution in [1.82, 2.24) is 4.90 Å². The number of Topliss-reactive ketones (excluding diaryl/α,β-unsaturated/α-hetero) is 1. The number of nitrogens with zero attached hydrogens (tertiary/aromatic N) is 1. The average molecular weight is 395 g/mol. The number of carbonyl (C=O) groups is 2. The SMILES string of the molecule is COCCCN1C(=O)C(=O)C(=C(O)c2cccc(OC)c2)C1c1ccc(C)cc1. The minimum Gasteiger partial charge on any atom is -0.507 e. The molecule has 1 saturated heterocycles. The first kappa shape index (κ1) is 20.6. The molecule has 1 amide bonds. The highest BCUT2D eigenvalue weighted by molar-refractivity contribution is 6.46. The number of rotatable bonds is 7. The van der Waals surface area contributed by atoms with Gasteiger partial charge in [-0.2, -0.15) is 0 Å². The Balaban J connectivity index is 2.12. The molecule has 3 rings (SSSR count). The van der Waals surface area contributed by atoms with Crippen molar-refractivity contribution in [2.75, 3.05) is 27.4 Å². The fourth-order valence-electron chi connectivity index (χ4n) is 3.51. The molecule has 0 radical (unpaired) electrons. The molecule has 0 aliphatic carbocycles. The third-order valence-corrected chi connectivity index (χ3v) is 5.02. The molecular weight excluding hydrogens is 370 g/mol. The number of aliphatic hydroxyl groups excluding tert-OH is 1. The number of likely N-dealkylation sites (tertiary alicyclic amines) is 1. The number of ketones is 1. The monoisotopic (exact) mass is 395 g/mol. The van der Waals surface area contributed by atoms with Gasteiger partial charge in [0.15, 0.2) is 0 Å². The second-order valence-electron chi connectivity index (χ2n) is 6.98. The van der Waals surface area contributed by atoms with Gasteiger partial charge in [0.1, 0.15) is 11.5 Å². The Hall–Kier alpha value is -3.12. The lowest BCUT2D eigenvalue weighted by molar-refractivity contribution is -0.140. The first-order valence-electron chi connectivity index (χ1n) is 9.46. The van der Waals surface area contributed by atoms with E-state index in [0.717, 1.165) is 11.1 Å². The van der Waals surface area contributed by atoms with Gasteiger partial charge in [-0.1, -0.05) is 42.0 Å². The van der Waals surface area contributed by atoms with Gasteiger partial charge in [0, 0.05) is 25.8 Å². The lowest BCUT2D eigenvalue weighted by atomic mass is 9.94. The zero-order valence-corrected chi connectivity index (χ0v) is 16.8. The van der Waals surface area contributed by atoms with Gasteiger partial charge in [-0.3, -0.25) is 9.59 Å². The lowest BCUT2D eigenvalue weighted by Gasteiger charge is -2.25. The van der Waals surface area contributed by atoms with E-state index in [1.165, 1.54) is 12.0 Å². The van der Waals surface area contributed by atoms with Crippen LogP contribution in [0.25, 0.3) is 5.76 Å². The number of hydrogen-bond donors (Lipinski definition) is 1. The highest BCUT2D eigenvalue weighted by Gasteiger charge is 2.45. The third kappa shape index (κ3) is 4.17. The summed E-state index contributed by atoms with van der Waals surface area (Å²) in [6.07, 6.45) is 0.588. The van der Waals surface area contributed by atoms with Gasteiger partial charge in [0.2, 0.25) is 0 Å². The molecule has 1 N–H and O–H groups in total. The van der Waals surface area contributed by atoms with Crippen molar-refractivity contribution < 1.29 is 24.2 Å². The second kappa shape index (κ2) is 8.92. The summed E-state index contributed by atoms with van der Waals surface area (Å²) in [5.41, 5.74) is 2.36. The Morgan fingerprint density at radius 3 is 2.48 bits per heavy atom. The molecular formula is C23H25NO5. The van der Waals surface area contributed by atoms with E-state index in [1.54, 1.807) is 31.4 Å². The van der Waals surface area contributed by atoms with Crippen molar-refractivity contribution in [3.05, 3.63) is 70.8 Å². The minimum atomic E-state index is -0.687. The maximum absolute atomic E-state index is 12.9. The van der Waals surface area contributed by atoms with Crippen molar-refractivity contribution in [1.29, 1.82) is 0 Å². The van der Waals surface area contributed by atoms with Gasteiger partial charge in [-0.25, -0.2) is 0 Å². The van der Waals surface area contributed by atoms with Crippen LogP contribution in [-0.2, 0) is 14.3 Å². The van der Waals surface area contributed by atoms with E-state index < -0.39 is 17.7 Å². The fraction of sp³-hybridized carbons (Fsp3) is 0.304. The Morgan fingerprint density at radius 1 is 1.10 bits per heavy atom. The summed E-state index contributed by atoms with van der Waals surface area (Å²) in [6, 6.07) is 13.8. The summed E-state index contributed by atoms with van der Waals surface area (Å²) in [5.74, 6) is -0.957. The third-order valence-electron chi connectivity index (χ3n) is 5.02. The molecule has 1 aliphatic heterocycles. The number of methoxy groups -OCH3 is 2. The van der Waals surface area contributed by atoms with Gasteiger partial charge < -0.3 is 19.5 Å². The van der Waals surface area contributed by atoms with Crippen LogP contribution in [0.5, 0.6) is 5.75 Å². The Bertz CT molecular complexity index is 933. The van der Waals surface area contributed by atoms with Gasteiger partial charge in [-0.05, 0) is 31.0 Å². The van der Waals surface area contributed by atoms with Crippen LogP contribution in [0.2, 0.25) is 0 Å². The zero-order chi connectivity index (χ0) is 21.0. The standard InChI is InChI=1S/C23H25NO5/c1-15-8-10-16(11-9-15)20-19(21(25)17-6-4-7-18(14-17)29-3)22(26)23(27)24(20)12-5-13-28-2/h4,6-11,14,20,25H,5,12-13H2,1-3H3. The number of hydrogen-bond acceptors (Lipinski definition) is 5. The van der Waals surface area contributed by atoms with Gasteiger partial charge in [-0.15, -0.1) is 0 Å². The van der Waals surface area contributed by atoms with Crippen LogP contribution < -0.4 is 4.74 Å². The van der Waals surface area contributed by atoms with Crippen molar-refractivity contribution in [3.63, 3.8) is 0 Å². The number of aliphatic hydroxyl groups is 1. The summed E-state index contributed by atoms with van der Waals surface area (Å²) in [5, 5.41) is 11.0. The summed E-state index contributed by atoms with van der Waals surface area (Å²) in [4.78, 5) is 27.2. The molecule has 6 nitrogen and oxygen atoms in total. The maximum atomic E-state index is 12.9. The van der Waals surface area contributed by atoms with E-state index in [0.29, 0.717) is 30.9 Å². The number of ether oxygens (including phenoxy) is 2. The first-order chi connectivity index (χ1) is 14.0. The predicted octanol–water partition coefficient (Wildman–Crippen LogP) is 3.46. The first-order valence-corrected chi connectivity index (χ1v) is 9.46. The molecule has 152 valence electrons. The molecule has 0 aromatic heterocycles. The molecule has 2 aromatic carbocycles. The smallest absolute Gasteiger partial charge is 0.295 e. The molecule has 1 aliphatic rings. The van der Waals surface area contributed by atoms with Crippen molar-refractivity contribution in [2.24, 2.45) is 0 Å². The molecule has 0 saturated carbocycles. The van der Waals surface area contributed by atoms with E-state index in [4.69, 9.17) is 9.47 Å². The Labute approximate surface area is 170 Å². The molecule has 29 heavy (non-hydrogen) atoms. The largest absolute Gasteiger partial charge is 0.507 e. The zero-order valence-electron chi connectivity index (χ0n) is 16.8. The van der Waals surface area contributed by atoms with Crippen LogP contribution in [0.15, 0.2) is 54.1 Å². The number of amides is 1. The van der Waals surface area contributed by atoms with Gasteiger partial charge in [0.05, 0.1) is 18.7 Å². The second-order valence-corrected chi connectivity index (χ2v) is 6.98. The summed E-state index contributed by atoms with van der Waals surface area (Å²) < 4.78 is 10.3. The number of carbonyl (C=O) groups excluding carboxylic acids is 2. The highest BCUT2D eigenvalue weighted by Crippen LogP contribution is 2.39. The summed E-state index contributed by atoms with van der Waals surface area (Å²) in [6.45, 7) is 2.79. The molecule has 1 heterocycles. The molecule has 6 heteroatoms. The number of aryl methyl sites for hydroxylation is 1. The quantitative estimate of drug-likeness (QED) is 0.336. The lowest BCUT2D eigenvalue weighted by Crippen LogP contribution is -2.31. The van der Waals surface area contributed by atoms with E-state index >= 15 is 0 Å². The Kier molecular flexibility index (Phi) is 6.34. The van der Waals surface area contributed by atoms with Crippen LogP contribution in [0.3, 0.4) is 0 Å². The highest BCUT2D eigenvalue weighted by atomic mass is 16.5. The predicted molar refractivity (Wildman–Crippen MR) is 110 cm³/mol. The van der Waals surface area contributed by atoms with Crippen LogP contribution >= 0.6 is 0 Å². The normalized spacial score (nSPS) is 18.3. The average Bonchev–Trinajstić information content (AvgIpc) is 2.99. The summed E-state index contributed by atoms with van der Waals surface area (Å²) in [7, 11) is 3.12. The fourth-order valence-corrected chi connectivity index (χ4v) is 3.51. The van der Waals surface area contributed by atoms with E-state index in [1.807, 2.05) is 31.2 Å². The summed E-state index contributed by atoms with van der Waals surface area (Å²) >= 11 is 0. The van der Waals surface area contributed by atoms with E-state index in [9.17, 15) is 14.7 Å². The molecule has 0 spiro atoms. The maximum Gasteiger partial charge on any atom is 0.295 e. The van der Waals surface area contributed by atoms with Crippen molar-refractivity contribution >= 4 is 17.4 Å². The molecule has 0 bridgehead atoms. The van der Waals surface area contributed by atoms with Crippen molar-refractivity contribution in [3.8, 4) is 5.75 Å². The molecule has 1 atom stereocenters. The van der Waals surface area contributed by atoms with E-state index in [2.05, 4.69) is 0 Å². The molecule has 1 fully saturated rings. The topological polar surface area (TPSA) is 76.1 Å². The van der Waals surface area contributed by atoms with Crippen LogP contribution in [0.4, 0.5) is 0 Å². The molecule has 2 aromatic rings. The van der Waals surface area contributed by atoms with Gasteiger partial charge >= 0.3 is 0 Å².